The highest BCUT2D eigenvalue weighted by Crippen LogP contribution is 2.32. The van der Waals surface area contributed by atoms with Gasteiger partial charge in [0.2, 0.25) is 0 Å². The highest BCUT2D eigenvalue weighted by molar-refractivity contribution is 5.84. The van der Waals surface area contributed by atoms with E-state index in [-0.39, 0.29) is 11.4 Å². The minimum atomic E-state index is -0.353. The van der Waals surface area contributed by atoms with Crippen LogP contribution in [0.15, 0.2) is 36.4 Å². The second kappa shape index (κ2) is 6.15. The zero-order valence-electron chi connectivity index (χ0n) is 12.7. The molecular formula is C20H18FN. The van der Waals surface area contributed by atoms with E-state index < -0.39 is 0 Å². The van der Waals surface area contributed by atoms with Gasteiger partial charge in [0.05, 0.1) is 5.56 Å². The second-order valence-electron chi connectivity index (χ2n) is 5.72. The molecule has 1 aliphatic carbocycles. The van der Waals surface area contributed by atoms with Crippen molar-refractivity contribution in [2.24, 2.45) is 0 Å². The number of fused-ring (bicyclic) bond motifs is 1. The summed E-state index contributed by atoms with van der Waals surface area (Å²) in [4.78, 5) is 0. The molecule has 0 saturated carbocycles. The van der Waals surface area contributed by atoms with Gasteiger partial charge >= 0.3 is 0 Å². The van der Waals surface area contributed by atoms with Crippen molar-refractivity contribution in [2.75, 3.05) is 0 Å². The van der Waals surface area contributed by atoms with Crippen LogP contribution in [0, 0.1) is 17.1 Å². The lowest BCUT2D eigenvalue weighted by molar-refractivity contribution is 0.604. The normalized spacial score (nSPS) is 13.2. The maximum Gasteiger partial charge on any atom is 0.144 e. The van der Waals surface area contributed by atoms with Crippen molar-refractivity contribution in [3.05, 3.63) is 70.0 Å². The molecule has 110 valence electrons. The Labute approximate surface area is 130 Å². The molecule has 0 amide bonds. The van der Waals surface area contributed by atoms with E-state index in [1.807, 2.05) is 12.1 Å². The molecule has 2 aromatic carbocycles. The Morgan fingerprint density at radius 3 is 2.55 bits per heavy atom. The van der Waals surface area contributed by atoms with Crippen molar-refractivity contribution < 1.29 is 4.39 Å². The van der Waals surface area contributed by atoms with Crippen LogP contribution in [0.2, 0.25) is 0 Å². The molecule has 0 aromatic heterocycles. The van der Waals surface area contributed by atoms with E-state index in [2.05, 4.69) is 37.3 Å². The molecular weight excluding hydrogens is 273 g/mol. The number of hydrogen-bond acceptors (Lipinski definition) is 1. The van der Waals surface area contributed by atoms with Gasteiger partial charge in [-0.2, -0.15) is 5.26 Å². The third kappa shape index (κ3) is 2.67. The lowest BCUT2D eigenvalue weighted by Crippen LogP contribution is -2.04. The van der Waals surface area contributed by atoms with Gasteiger partial charge < -0.3 is 0 Å². The molecule has 22 heavy (non-hydrogen) atoms. The van der Waals surface area contributed by atoms with Gasteiger partial charge in [-0.1, -0.05) is 49.8 Å². The predicted octanol–water partition coefficient (Wildman–Crippen LogP) is 5.14. The Morgan fingerprint density at radius 2 is 1.86 bits per heavy atom. The Hall–Kier alpha value is -2.40. The van der Waals surface area contributed by atoms with Gasteiger partial charge in [0.15, 0.2) is 0 Å². The molecule has 0 saturated heterocycles. The molecule has 0 aliphatic heterocycles. The fraction of sp³-hybridized carbons (Fsp3) is 0.250. The fourth-order valence-electron chi connectivity index (χ4n) is 3.03. The van der Waals surface area contributed by atoms with E-state index in [4.69, 9.17) is 5.26 Å². The summed E-state index contributed by atoms with van der Waals surface area (Å²) in [6, 6.07) is 14.0. The van der Waals surface area contributed by atoms with E-state index in [0.717, 1.165) is 24.8 Å². The van der Waals surface area contributed by atoms with Crippen molar-refractivity contribution in [3.63, 3.8) is 0 Å². The number of allylic oxidation sites excluding steroid dienone is 1. The maximum atomic E-state index is 14.2. The minimum Gasteiger partial charge on any atom is -0.205 e. The molecule has 0 unspecified atom stereocenters. The summed E-state index contributed by atoms with van der Waals surface area (Å²) in [6.45, 7) is 2.18. The van der Waals surface area contributed by atoms with E-state index in [0.29, 0.717) is 12.0 Å². The first-order valence-corrected chi connectivity index (χ1v) is 7.74. The molecule has 0 fully saturated rings. The van der Waals surface area contributed by atoms with Gasteiger partial charge in [-0.3, -0.25) is 0 Å². The smallest absolute Gasteiger partial charge is 0.144 e. The summed E-state index contributed by atoms with van der Waals surface area (Å²) in [5, 5.41) is 8.91. The number of aryl methyl sites for hydroxylation is 1. The van der Waals surface area contributed by atoms with E-state index in [1.54, 1.807) is 6.07 Å². The largest absolute Gasteiger partial charge is 0.205 e. The second-order valence-corrected chi connectivity index (χ2v) is 5.72. The van der Waals surface area contributed by atoms with Crippen LogP contribution < -0.4 is 0 Å². The van der Waals surface area contributed by atoms with Crippen LogP contribution >= 0.6 is 0 Å². The van der Waals surface area contributed by atoms with Gasteiger partial charge in [0.1, 0.15) is 11.9 Å². The molecule has 3 rings (SSSR count). The van der Waals surface area contributed by atoms with Crippen molar-refractivity contribution in [3.8, 4) is 6.07 Å². The quantitative estimate of drug-likeness (QED) is 0.768. The molecule has 2 heteroatoms. The van der Waals surface area contributed by atoms with Crippen molar-refractivity contribution in [1.82, 2.24) is 0 Å². The number of hydrogen-bond donors (Lipinski definition) is 0. The van der Waals surface area contributed by atoms with Crippen LogP contribution in [0.3, 0.4) is 0 Å². The third-order valence-corrected chi connectivity index (χ3v) is 4.24. The summed E-state index contributed by atoms with van der Waals surface area (Å²) >= 11 is 0. The Balaban J connectivity index is 1.94. The van der Waals surface area contributed by atoms with E-state index >= 15 is 0 Å². The first-order chi connectivity index (χ1) is 10.7. The number of rotatable bonds is 3. The zero-order chi connectivity index (χ0) is 15.5. The lowest BCUT2D eigenvalue weighted by Gasteiger charge is -2.18. The van der Waals surface area contributed by atoms with Crippen LogP contribution in [-0.2, 0) is 12.8 Å². The highest BCUT2D eigenvalue weighted by atomic mass is 19.1. The number of nitrogens with zero attached hydrogens (tertiary/aromatic N) is 1. The number of benzene rings is 2. The Kier molecular flexibility index (Phi) is 4.06. The molecule has 1 aliphatic rings. The fourth-order valence-corrected chi connectivity index (χ4v) is 3.03. The molecule has 0 radical (unpaired) electrons. The van der Waals surface area contributed by atoms with Gasteiger partial charge in [-0.25, -0.2) is 4.39 Å². The van der Waals surface area contributed by atoms with Gasteiger partial charge in [0, 0.05) is 0 Å². The molecule has 0 bridgehead atoms. The number of nitriles is 1. The van der Waals surface area contributed by atoms with Crippen molar-refractivity contribution in [2.45, 2.75) is 32.6 Å². The molecule has 2 aromatic rings. The van der Waals surface area contributed by atoms with Gasteiger partial charge in [0.25, 0.3) is 0 Å². The SMILES string of the molecule is CCCc1ccc(C2=Cc3ccc(C#N)c(F)c3CC2)cc1. The predicted molar refractivity (Wildman–Crippen MR) is 87.7 cm³/mol. The monoisotopic (exact) mass is 291 g/mol. The maximum absolute atomic E-state index is 14.2. The third-order valence-electron chi connectivity index (χ3n) is 4.24. The first-order valence-electron chi connectivity index (χ1n) is 7.74. The Bertz CT molecular complexity index is 764. The first kappa shape index (κ1) is 14.5. The Morgan fingerprint density at radius 1 is 1.09 bits per heavy atom. The number of halogens is 1. The van der Waals surface area contributed by atoms with Crippen LogP contribution in [0.25, 0.3) is 11.6 Å². The molecule has 0 atom stereocenters. The summed E-state index contributed by atoms with van der Waals surface area (Å²) in [7, 11) is 0. The van der Waals surface area contributed by atoms with Gasteiger partial charge in [-0.15, -0.1) is 0 Å². The van der Waals surface area contributed by atoms with Crippen molar-refractivity contribution >= 4 is 11.6 Å². The van der Waals surface area contributed by atoms with Crippen molar-refractivity contribution in [1.29, 1.82) is 5.26 Å². The summed E-state index contributed by atoms with van der Waals surface area (Å²) in [6.07, 6.45) is 5.77. The van der Waals surface area contributed by atoms with Crippen LogP contribution in [0.1, 0.15) is 47.6 Å². The average Bonchev–Trinajstić information content (AvgIpc) is 2.56. The lowest BCUT2D eigenvalue weighted by atomic mass is 9.87. The zero-order valence-corrected chi connectivity index (χ0v) is 12.7. The highest BCUT2D eigenvalue weighted by Gasteiger charge is 2.17. The summed E-state index contributed by atoms with van der Waals surface area (Å²) in [5.41, 5.74) is 5.50. The molecule has 1 nitrogen and oxygen atoms in total. The summed E-state index contributed by atoms with van der Waals surface area (Å²) in [5.74, 6) is -0.353. The molecule has 0 N–H and O–H groups in total. The standard InChI is InChI=1S/C20H18FN/c1-2-3-14-4-6-15(7-5-14)16-10-11-19-17(12-16)8-9-18(13-22)20(19)21/h4-9,12H,2-3,10-11H2,1H3. The topological polar surface area (TPSA) is 23.8 Å². The minimum absolute atomic E-state index is 0.138. The van der Waals surface area contributed by atoms with Crippen LogP contribution in [-0.4, -0.2) is 0 Å². The molecule has 0 spiro atoms. The van der Waals surface area contributed by atoms with Gasteiger partial charge in [-0.05, 0) is 53.2 Å². The van der Waals surface area contributed by atoms with E-state index in [9.17, 15) is 4.39 Å². The average molecular weight is 291 g/mol. The van der Waals surface area contributed by atoms with Crippen LogP contribution in [0.4, 0.5) is 4.39 Å². The van der Waals surface area contributed by atoms with E-state index in [1.165, 1.54) is 16.7 Å². The molecule has 0 heterocycles. The summed E-state index contributed by atoms with van der Waals surface area (Å²) < 4.78 is 14.2. The van der Waals surface area contributed by atoms with Crippen LogP contribution in [0.5, 0.6) is 0 Å².